The molecule has 2 aromatic carbocycles. The quantitative estimate of drug-likeness (QED) is 0.672. The maximum Gasteiger partial charge on any atom is 0.129 e. The standard InChI is InChI=1S/C14H10INO2S/c1-18-9-3-5-11-13(7-9)19-14(16-11)8-2-4-10(15)12(17)6-8/h2-7,17H,1H3. The molecule has 0 saturated heterocycles. The summed E-state index contributed by atoms with van der Waals surface area (Å²) in [5, 5.41) is 10.7. The van der Waals surface area contributed by atoms with Gasteiger partial charge in [-0.15, -0.1) is 11.3 Å². The highest BCUT2D eigenvalue weighted by molar-refractivity contribution is 14.1. The van der Waals surface area contributed by atoms with Crippen molar-refractivity contribution in [1.29, 1.82) is 0 Å². The predicted molar refractivity (Wildman–Crippen MR) is 86.0 cm³/mol. The van der Waals surface area contributed by atoms with Crippen molar-refractivity contribution >= 4 is 44.1 Å². The van der Waals surface area contributed by atoms with Crippen LogP contribution in [0.15, 0.2) is 36.4 Å². The second-order valence-electron chi connectivity index (χ2n) is 4.02. The van der Waals surface area contributed by atoms with Gasteiger partial charge in [0.25, 0.3) is 0 Å². The molecule has 0 bridgehead atoms. The molecule has 0 aliphatic heterocycles. The third-order valence-electron chi connectivity index (χ3n) is 2.79. The summed E-state index contributed by atoms with van der Waals surface area (Å²) in [5.74, 6) is 1.11. The SMILES string of the molecule is COc1ccc2nc(-c3ccc(I)c(O)c3)sc2c1. The van der Waals surface area contributed by atoms with E-state index in [4.69, 9.17) is 4.74 Å². The molecule has 0 radical (unpaired) electrons. The summed E-state index contributed by atoms with van der Waals surface area (Å²) in [6.45, 7) is 0. The molecule has 1 aromatic heterocycles. The van der Waals surface area contributed by atoms with Crippen molar-refractivity contribution in [3.8, 4) is 22.1 Å². The van der Waals surface area contributed by atoms with Gasteiger partial charge in [0.2, 0.25) is 0 Å². The summed E-state index contributed by atoms with van der Waals surface area (Å²) in [4.78, 5) is 4.58. The van der Waals surface area contributed by atoms with Gasteiger partial charge in [-0.05, 0) is 52.9 Å². The first-order chi connectivity index (χ1) is 9.17. The highest BCUT2D eigenvalue weighted by Gasteiger charge is 2.09. The van der Waals surface area contributed by atoms with Crippen LogP contribution >= 0.6 is 33.9 Å². The van der Waals surface area contributed by atoms with Gasteiger partial charge in [-0.25, -0.2) is 4.98 Å². The van der Waals surface area contributed by atoms with E-state index in [0.717, 1.165) is 30.1 Å². The van der Waals surface area contributed by atoms with Crippen LogP contribution in [-0.4, -0.2) is 17.2 Å². The Morgan fingerprint density at radius 1 is 1.21 bits per heavy atom. The van der Waals surface area contributed by atoms with E-state index < -0.39 is 0 Å². The van der Waals surface area contributed by atoms with Gasteiger partial charge in [-0.3, -0.25) is 0 Å². The maximum atomic E-state index is 9.77. The number of hydrogen-bond donors (Lipinski definition) is 1. The van der Waals surface area contributed by atoms with E-state index in [9.17, 15) is 5.11 Å². The molecule has 0 atom stereocenters. The maximum absolute atomic E-state index is 9.77. The van der Waals surface area contributed by atoms with Gasteiger partial charge in [0.15, 0.2) is 0 Å². The van der Waals surface area contributed by atoms with Crippen LogP contribution in [0, 0.1) is 3.57 Å². The summed E-state index contributed by atoms with van der Waals surface area (Å²) in [5.41, 5.74) is 1.87. The van der Waals surface area contributed by atoms with Crippen LogP contribution in [0.25, 0.3) is 20.8 Å². The number of ether oxygens (including phenoxy) is 1. The van der Waals surface area contributed by atoms with E-state index in [2.05, 4.69) is 27.6 Å². The lowest BCUT2D eigenvalue weighted by Crippen LogP contribution is -1.80. The van der Waals surface area contributed by atoms with Crippen molar-refractivity contribution in [3.63, 3.8) is 0 Å². The molecule has 3 nitrogen and oxygen atoms in total. The number of fused-ring (bicyclic) bond motifs is 1. The first kappa shape index (κ1) is 12.7. The van der Waals surface area contributed by atoms with Gasteiger partial charge in [0, 0.05) is 5.56 Å². The van der Waals surface area contributed by atoms with E-state index in [-0.39, 0.29) is 5.75 Å². The van der Waals surface area contributed by atoms with E-state index in [1.807, 2.05) is 30.3 Å². The van der Waals surface area contributed by atoms with Crippen molar-refractivity contribution in [2.45, 2.75) is 0 Å². The van der Waals surface area contributed by atoms with Gasteiger partial charge < -0.3 is 9.84 Å². The molecule has 5 heteroatoms. The Kier molecular flexibility index (Phi) is 3.32. The third-order valence-corrected chi connectivity index (χ3v) is 4.77. The Morgan fingerprint density at radius 3 is 2.79 bits per heavy atom. The number of aromatic hydroxyl groups is 1. The van der Waals surface area contributed by atoms with Crippen LogP contribution in [0.3, 0.4) is 0 Å². The van der Waals surface area contributed by atoms with Crippen molar-refractivity contribution in [2.24, 2.45) is 0 Å². The number of halogens is 1. The van der Waals surface area contributed by atoms with Gasteiger partial charge in [-0.1, -0.05) is 6.07 Å². The number of rotatable bonds is 2. The summed E-state index contributed by atoms with van der Waals surface area (Å²) < 4.78 is 7.12. The molecule has 0 unspecified atom stereocenters. The zero-order valence-corrected chi connectivity index (χ0v) is 13.0. The topological polar surface area (TPSA) is 42.4 Å². The number of phenolic OH excluding ortho intramolecular Hbond substituents is 1. The Labute approximate surface area is 128 Å². The van der Waals surface area contributed by atoms with Gasteiger partial charge in [0.05, 0.1) is 20.9 Å². The van der Waals surface area contributed by atoms with Crippen LogP contribution in [0.1, 0.15) is 0 Å². The minimum atomic E-state index is 0.287. The van der Waals surface area contributed by atoms with E-state index in [1.165, 1.54) is 0 Å². The molecule has 1 heterocycles. The first-order valence-corrected chi connectivity index (χ1v) is 7.50. The molecule has 0 saturated carbocycles. The highest BCUT2D eigenvalue weighted by atomic mass is 127. The smallest absolute Gasteiger partial charge is 0.129 e. The lowest BCUT2D eigenvalue weighted by atomic mass is 10.2. The number of phenols is 1. The molecular formula is C14H10INO2S. The Balaban J connectivity index is 2.11. The van der Waals surface area contributed by atoms with Gasteiger partial charge in [0.1, 0.15) is 16.5 Å². The number of methoxy groups -OCH3 is 1. The van der Waals surface area contributed by atoms with Crippen LogP contribution in [0.5, 0.6) is 11.5 Å². The monoisotopic (exact) mass is 383 g/mol. The second kappa shape index (κ2) is 4.97. The van der Waals surface area contributed by atoms with Crippen molar-refractivity contribution < 1.29 is 9.84 Å². The Hall–Kier alpha value is -1.34. The Morgan fingerprint density at radius 2 is 2.05 bits per heavy atom. The molecule has 3 rings (SSSR count). The van der Waals surface area contributed by atoms with Crippen molar-refractivity contribution in [1.82, 2.24) is 4.98 Å². The summed E-state index contributed by atoms with van der Waals surface area (Å²) >= 11 is 3.69. The summed E-state index contributed by atoms with van der Waals surface area (Å²) in [6.07, 6.45) is 0. The van der Waals surface area contributed by atoms with E-state index in [0.29, 0.717) is 0 Å². The summed E-state index contributed by atoms with van der Waals surface area (Å²) in [7, 11) is 1.65. The van der Waals surface area contributed by atoms with Crippen LogP contribution in [-0.2, 0) is 0 Å². The number of benzene rings is 2. The molecule has 3 aromatic rings. The minimum Gasteiger partial charge on any atom is -0.507 e. The second-order valence-corrected chi connectivity index (χ2v) is 6.21. The normalized spacial score (nSPS) is 10.8. The fourth-order valence-electron chi connectivity index (χ4n) is 1.80. The number of nitrogens with zero attached hydrogens (tertiary/aromatic N) is 1. The predicted octanol–water partition coefficient (Wildman–Crippen LogP) is 4.28. The zero-order chi connectivity index (χ0) is 13.4. The van der Waals surface area contributed by atoms with Crippen molar-refractivity contribution in [3.05, 3.63) is 40.0 Å². The lowest BCUT2D eigenvalue weighted by molar-refractivity contribution is 0.415. The van der Waals surface area contributed by atoms with Crippen molar-refractivity contribution in [2.75, 3.05) is 7.11 Å². The van der Waals surface area contributed by atoms with Crippen LogP contribution in [0.2, 0.25) is 0 Å². The molecule has 96 valence electrons. The molecule has 0 aliphatic carbocycles. The highest BCUT2D eigenvalue weighted by Crippen LogP contribution is 2.34. The van der Waals surface area contributed by atoms with Gasteiger partial charge in [-0.2, -0.15) is 0 Å². The molecular weight excluding hydrogens is 373 g/mol. The molecule has 0 aliphatic rings. The average Bonchev–Trinajstić information content (AvgIpc) is 2.84. The average molecular weight is 383 g/mol. The van der Waals surface area contributed by atoms with E-state index >= 15 is 0 Å². The zero-order valence-electron chi connectivity index (χ0n) is 10.1. The molecule has 1 N–H and O–H groups in total. The minimum absolute atomic E-state index is 0.287. The number of thiazole rings is 1. The molecule has 0 spiro atoms. The fraction of sp³-hybridized carbons (Fsp3) is 0.0714. The van der Waals surface area contributed by atoms with E-state index in [1.54, 1.807) is 24.5 Å². The summed E-state index contributed by atoms with van der Waals surface area (Å²) in [6, 6.07) is 11.4. The molecule has 0 amide bonds. The Bertz CT molecular complexity index is 754. The first-order valence-electron chi connectivity index (χ1n) is 5.61. The third kappa shape index (κ3) is 2.40. The molecule has 0 fully saturated rings. The van der Waals surface area contributed by atoms with Crippen LogP contribution < -0.4 is 4.74 Å². The fourth-order valence-corrected chi connectivity index (χ4v) is 3.13. The number of aromatic nitrogens is 1. The van der Waals surface area contributed by atoms with Crippen LogP contribution in [0.4, 0.5) is 0 Å². The number of hydrogen-bond acceptors (Lipinski definition) is 4. The lowest BCUT2D eigenvalue weighted by Gasteiger charge is -1.99. The largest absolute Gasteiger partial charge is 0.507 e. The molecule has 19 heavy (non-hydrogen) atoms. The van der Waals surface area contributed by atoms with Gasteiger partial charge >= 0.3 is 0 Å².